The molecule has 0 saturated heterocycles. The number of carbonyl (C=O) groups is 2. The minimum atomic E-state index is -0.767. The molecule has 0 aliphatic rings. The molecule has 1 unspecified atom stereocenters. The Morgan fingerprint density at radius 2 is 0.597 bits per heavy atom. The van der Waals surface area contributed by atoms with E-state index in [1.54, 1.807) is 0 Å². The lowest BCUT2D eigenvalue weighted by Gasteiger charge is -2.15. The van der Waals surface area contributed by atoms with Crippen molar-refractivity contribution in [2.75, 3.05) is 13.2 Å². The lowest BCUT2D eigenvalue weighted by atomic mass is 10.0. The number of rotatable bonds is 53. The molecule has 0 amide bonds. The zero-order valence-corrected chi connectivity index (χ0v) is 42.2. The highest BCUT2D eigenvalue weighted by molar-refractivity contribution is 5.70. The van der Waals surface area contributed by atoms with Gasteiger partial charge >= 0.3 is 11.9 Å². The van der Waals surface area contributed by atoms with Crippen molar-refractivity contribution in [3.63, 3.8) is 0 Å². The third-order valence-electron chi connectivity index (χ3n) is 13.1. The number of hydrogen-bond acceptors (Lipinski definition) is 5. The summed E-state index contributed by atoms with van der Waals surface area (Å²) in [5.74, 6) is -0.569. The summed E-state index contributed by atoms with van der Waals surface area (Å²) in [5, 5.41) is 9.65. The monoisotopic (exact) mass is 875 g/mol. The maximum atomic E-state index is 12.3. The summed E-state index contributed by atoms with van der Waals surface area (Å²) < 4.78 is 10.7. The highest BCUT2D eigenvalue weighted by atomic mass is 16.6. The number of unbranched alkanes of at least 4 members (excludes halogenated alkanes) is 43. The van der Waals surface area contributed by atoms with Crippen molar-refractivity contribution in [3.8, 4) is 0 Å². The van der Waals surface area contributed by atoms with Crippen LogP contribution in [0.25, 0.3) is 0 Å². The standard InChI is InChI=1S/C57H110O5/c1-3-5-7-9-11-13-15-17-19-21-23-25-27-28-30-31-33-35-37-39-41-43-45-47-49-51-56(59)61-54-55(53-58)62-57(60)52-50-48-46-44-42-40-38-36-34-32-29-26-24-22-20-18-16-14-12-10-8-6-4-2/h22,24,55,58H,3-21,23,25-54H2,1-2H3/b24-22-. The van der Waals surface area contributed by atoms with E-state index in [0.717, 1.165) is 32.1 Å². The van der Waals surface area contributed by atoms with Gasteiger partial charge in [-0.25, -0.2) is 0 Å². The Hall–Kier alpha value is -1.36. The van der Waals surface area contributed by atoms with E-state index in [0.29, 0.717) is 12.8 Å². The van der Waals surface area contributed by atoms with Crippen LogP contribution < -0.4 is 0 Å². The van der Waals surface area contributed by atoms with Gasteiger partial charge in [-0.3, -0.25) is 9.59 Å². The predicted molar refractivity (Wildman–Crippen MR) is 270 cm³/mol. The summed E-state index contributed by atoms with van der Waals surface area (Å²) in [6.07, 6.45) is 66.2. The van der Waals surface area contributed by atoms with Crippen LogP contribution in [-0.4, -0.2) is 36.4 Å². The Morgan fingerprint density at radius 3 is 0.871 bits per heavy atom. The van der Waals surface area contributed by atoms with Crippen molar-refractivity contribution >= 4 is 11.9 Å². The lowest BCUT2D eigenvalue weighted by molar-refractivity contribution is -0.161. The van der Waals surface area contributed by atoms with Crippen molar-refractivity contribution in [2.45, 2.75) is 328 Å². The van der Waals surface area contributed by atoms with Gasteiger partial charge < -0.3 is 14.6 Å². The van der Waals surface area contributed by atoms with Crippen LogP contribution in [-0.2, 0) is 19.1 Å². The number of aliphatic hydroxyl groups excluding tert-OH is 1. The van der Waals surface area contributed by atoms with Crippen LogP contribution in [0.5, 0.6) is 0 Å². The highest BCUT2D eigenvalue weighted by Gasteiger charge is 2.16. The maximum absolute atomic E-state index is 12.3. The van der Waals surface area contributed by atoms with E-state index in [4.69, 9.17) is 9.47 Å². The topological polar surface area (TPSA) is 72.8 Å². The Morgan fingerprint density at radius 1 is 0.355 bits per heavy atom. The first kappa shape index (κ1) is 60.6. The number of aliphatic hydroxyl groups is 1. The molecule has 0 aromatic rings. The molecule has 5 heteroatoms. The quantitative estimate of drug-likeness (QED) is 0.0374. The molecule has 0 aliphatic heterocycles. The Kier molecular flexibility index (Phi) is 52.8. The van der Waals surface area contributed by atoms with Crippen LogP contribution in [0.1, 0.15) is 322 Å². The molecule has 5 nitrogen and oxygen atoms in total. The van der Waals surface area contributed by atoms with E-state index < -0.39 is 6.10 Å². The molecule has 0 saturated carbocycles. The molecule has 0 heterocycles. The molecule has 0 aliphatic carbocycles. The van der Waals surface area contributed by atoms with E-state index in [1.807, 2.05) is 0 Å². The van der Waals surface area contributed by atoms with Gasteiger partial charge in [0, 0.05) is 12.8 Å². The van der Waals surface area contributed by atoms with Gasteiger partial charge in [0.25, 0.3) is 0 Å². The Bertz CT molecular complexity index is 902. The summed E-state index contributed by atoms with van der Waals surface area (Å²) >= 11 is 0. The summed E-state index contributed by atoms with van der Waals surface area (Å²) in [6.45, 7) is 4.20. The smallest absolute Gasteiger partial charge is 0.306 e. The number of ether oxygens (including phenoxy) is 2. The molecule has 62 heavy (non-hydrogen) atoms. The molecular weight excluding hydrogens is 765 g/mol. The van der Waals surface area contributed by atoms with Crippen molar-refractivity contribution in [2.24, 2.45) is 0 Å². The van der Waals surface area contributed by atoms with Gasteiger partial charge in [0.05, 0.1) is 6.61 Å². The first-order valence-corrected chi connectivity index (χ1v) is 28.2. The number of carbonyl (C=O) groups excluding carboxylic acids is 2. The first-order valence-electron chi connectivity index (χ1n) is 28.2. The van der Waals surface area contributed by atoms with Gasteiger partial charge in [-0.2, -0.15) is 0 Å². The van der Waals surface area contributed by atoms with Crippen molar-refractivity contribution in [1.82, 2.24) is 0 Å². The summed E-state index contributed by atoms with van der Waals surface area (Å²) in [6, 6.07) is 0. The van der Waals surface area contributed by atoms with Crippen LogP contribution >= 0.6 is 0 Å². The fourth-order valence-corrected chi connectivity index (χ4v) is 8.79. The zero-order valence-electron chi connectivity index (χ0n) is 42.2. The predicted octanol–water partition coefficient (Wildman–Crippen LogP) is 18.8. The molecule has 1 atom stereocenters. The minimum absolute atomic E-state index is 0.0586. The molecule has 0 rings (SSSR count). The van der Waals surface area contributed by atoms with Gasteiger partial charge in [0.2, 0.25) is 0 Å². The maximum Gasteiger partial charge on any atom is 0.306 e. The van der Waals surface area contributed by atoms with E-state index in [9.17, 15) is 14.7 Å². The van der Waals surface area contributed by atoms with Crippen LogP contribution in [0.3, 0.4) is 0 Å². The second kappa shape index (κ2) is 54.0. The van der Waals surface area contributed by atoms with E-state index >= 15 is 0 Å². The first-order chi connectivity index (χ1) is 30.6. The molecule has 0 fully saturated rings. The van der Waals surface area contributed by atoms with Crippen LogP contribution in [0.2, 0.25) is 0 Å². The van der Waals surface area contributed by atoms with Crippen molar-refractivity contribution in [1.29, 1.82) is 0 Å². The molecule has 0 radical (unpaired) electrons. The largest absolute Gasteiger partial charge is 0.462 e. The fraction of sp³-hybridized carbons (Fsp3) is 0.930. The summed E-state index contributed by atoms with van der Waals surface area (Å²) in [7, 11) is 0. The van der Waals surface area contributed by atoms with Gasteiger partial charge in [-0.1, -0.05) is 283 Å². The lowest BCUT2D eigenvalue weighted by Crippen LogP contribution is -2.28. The molecule has 368 valence electrons. The molecule has 1 N–H and O–H groups in total. The van der Waals surface area contributed by atoms with Gasteiger partial charge in [0.1, 0.15) is 6.61 Å². The average molecular weight is 876 g/mol. The van der Waals surface area contributed by atoms with E-state index in [2.05, 4.69) is 26.0 Å². The SMILES string of the molecule is CCCCCCCCCC/C=C\CCCCCCCCCCCCCC(=O)OC(CO)COC(=O)CCCCCCCCCCCCCCCCCCCCCCCCCCC. The van der Waals surface area contributed by atoms with Crippen molar-refractivity contribution < 1.29 is 24.2 Å². The van der Waals surface area contributed by atoms with Gasteiger partial charge in [-0.15, -0.1) is 0 Å². The Balaban J connectivity index is 3.42. The van der Waals surface area contributed by atoms with E-state index in [-0.39, 0.29) is 25.2 Å². The zero-order chi connectivity index (χ0) is 44.9. The average Bonchev–Trinajstić information content (AvgIpc) is 3.28. The second-order valence-electron chi connectivity index (χ2n) is 19.4. The van der Waals surface area contributed by atoms with Crippen LogP contribution in [0.15, 0.2) is 12.2 Å². The number of esters is 2. The van der Waals surface area contributed by atoms with Crippen LogP contribution in [0.4, 0.5) is 0 Å². The minimum Gasteiger partial charge on any atom is -0.462 e. The molecule has 0 aromatic carbocycles. The third kappa shape index (κ3) is 51.3. The Labute approximate surface area is 388 Å². The molecular formula is C57H110O5. The summed E-state index contributed by atoms with van der Waals surface area (Å²) in [5.41, 5.74) is 0. The van der Waals surface area contributed by atoms with Crippen LogP contribution in [0, 0.1) is 0 Å². The number of allylic oxidation sites excluding steroid dienone is 2. The number of hydrogen-bond donors (Lipinski definition) is 1. The summed E-state index contributed by atoms with van der Waals surface area (Å²) in [4.78, 5) is 24.5. The fourth-order valence-electron chi connectivity index (χ4n) is 8.79. The van der Waals surface area contributed by atoms with Crippen molar-refractivity contribution in [3.05, 3.63) is 12.2 Å². The van der Waals surface area contributed by atoms with E-state index in [1.165, 1.54) is 263 Å². The highest BCUT2D eigenvalue weighted by Crippen LogP contribution is 2.18. The molecule has 0 spiro atoms. The molecule has 0 aromatic heterocycles. The molecule has 0 bridgehead atoms. The normalized spacial score (nSPS) is 12.1. The third-order valence-corrected chi connectivity index (χ3v) is 13.1. The van der Waals surface area contributed by atoms with Gasteiger partial charge in [-0.05, 0) is 38.5 Å². The second-order valence-corrected chi connectivity index (χ2v) is 19.4. The van der Waals surface area contributed by atoms with Gasteiger partial charge in [0.15, 0.2) is 6.10 Å².